The number of pyridine rings is 1. The standard InChI is InChI=1S/C27H27F5N6O/c1-14(17-5-4-6-18(21(17)28)22(29)30)34-23-19-9-20(26(12-33)7-8-26)25(37-24(19)36-15(2)35-23)39-11-16-10-27(31,32)13-38(16)3/h4-6,9,14,16,22H,7-8,10-11,13H2,1-3H3,(H,34,35,36,37)/t14-,16+/m1/s1. The number of aryl methyl sites for hydroxylation is 1. The van der Waals surface area contributed by atoms with E-state index >= 15 is 0 Å². The number of anilines is 1. The number of nitrogens with zero attached hydrogens (tertiary/aromatic N) is 5. The van der Waals surface area contributed by atoms with Gasteiger partial charge in [-0.3, -0.25) is 4.90 Å². The van der Waals surface area contributed by atoms with Gasteiger partial charge in [-0.05, 0) is 39.8 Å². The quantitative estimate of drug-likeness (QED) is 0.355. The third kappa shape index (κ3) is 5.20. The number of ether oxygens (including phenoxy) is 1. The van der Waals surface area contributed by atoms with E-state index < -0.39 is 41.2 Å². The van der Waals surface area contributed by atoms with E-state index in [0.717, 1.165) is 6.07 Å². The van der Waals surface area contributed by atoms with Crippen LogP contribution in [0.15, 0.2) is 24.3 Å². The summed E-state index contributed by atoms with van der Waals surface area (Å²) in [6.45, 7) is 2.86. The average Bonchev–Trinajstić information content (AvgIpc) is 3.61. The molecule has 0 spiro atoms. The number of nitriles is 1. The molecule has 0 radical (unpaired) electrons. The van der Waals surface area contributed by atoms with Gasteiger partial charge in [0, 0.05) is 23.6 Å². The Labute approximate surface area is 222 Å². The number of hydrogen-bond donors (Lipinski definition) is 1. The third-order valence-corrected chi connectivity index (χ3v) is 7.41. The minimum absolute atomic E-state index is 0.0366. The molecule has 2 aliphatic rings. The summed E-state index contributed by atoms with van der Waals surface area (Å²) in [6.07, 6.45) is -2.15. The Morgan fingerprint density at radius 2 is 1.92 bits per heavy atom. The number of halogens is 5. The van der Waals surface area contributed by atoms with Crippen molar-refractivity contribution < 1.29 is 26.7 Å². The molecule has 39 heavy (non-hydrogen) atoms. The van der Waals surface area contributed by atoms with Crippen molar-refractivity contribution >= 4 is 16.9 Å². The lowest BCUT2D eigenvalue weighted by atomic mass is 9.97. The highest BCUT2D eigenvalue weighted by atomic mass is 19.3. The minimum Gasteiger partial charge on any atom is -0.476 e. The fourth-order valence-electron chi connectivity index (χ4n) is 5.05. The summed E-state index contributed by atoms with van der Waals surface area (Å²) < 4.78 is 75.0. The molecule has 5 rings (SSSR count). The van der Waals surface area contributed by atoms with Crippen LogP contribution in [0.2, 0.25) is 0 Å². The van der Waals surface area contributed by atoms with Crippen LogP contribution in [0, 0.1) is 24.1 Å². The van der Waals surface area contributed by atoms with Crippen molar-refractivity contribution in [3.63, 3.8) is 0 Å². The molecular weight excluding hydrogens is 519 g/mol. The summed E-state index contributed by atoms with van der Waals surface area (Å²) in [5.74, 6) is -3.03. The zero-order valence-electron chi connectivity index (χ0n) is 21.6. The molecule has 2 aromatic heterocycles. The highest BCUT2D eigenvalue weighted by molar-refractivity contribution is 5.88. The van der Waals surface area contributed by atoms with Gasteiger partial charge in [0.25, 0.3) is 12.3 Å². The number of alkyl halides is 4. The van der Waals surface area contributed by atoms with Crippen LogP contribution >= 0.6 is 0 Å². The van der Waals surface area contributed by atoms with Gasteiger partial charge in [-0.15, -0.1) is 0 Å². The van der Waals surface area contributed by atoms with Crippen molar-refractivity contribution in [3.8, 4) is 11.9 Å². The maximum Gasteiger partial charge on any atom is 0.266 e. The molecule has 2 fully saturated rings. The van der Waals surface area contributed by atoms with E-state index in [1.54, 1.807) is 27.0 Å². The molecule has 0 unspecified atom stereocenters. The first-order valence-electron chi connectivity index (χ1n) is 12.6. The summed E-state index contributed by atoms with van der Waals surface area (Å²) in [7, 11) is 1.61. The number of hydrogen-bond acceptors (Lipinski definition) is 7. The second kappa shape index (κ2) is 9.86. The van der Waals surface area contributed by atoms with Crippen molar-refractivity contribution in [2.75, 3.05) is 25.5 Å². The first kappa shape index (κ1) is 27.0. The molecule has 3 heterocycles. The predicted molar refractivity (Wildman–Crippen MR) is 133 cm³/mol. The summed E-state index contributed by atoms with van der Waals surface area (Å²) in [4.78, 5) is 14.9. The van der Waals surface area contributed by atoms with E-state index in [4.69, 9.17) is 4.74 Å². The first-order valence-corrected chi connectivity index (χ1v) is 12.6. The number of likely N-dealkylation sites (N-methyl/N-ethyl adjacent to an activating group) is 1. The Kier molecular flexibility index (Phi) is 6.83. The molecule has 1 aliphatic carbocycles. The van der Waals surface area contributed by atoms with Gasteiger partial charge in [0.2, 0.25) is 5.88 Å². The molecule has 1 saturated carbocycles. The van der Waals surface area contributed by atoms with Gasteiger partial charge in [-0.25, -0.2) is 31.9 Å². The Morgan fingerprint density at radius 3 is 2.54 bits per heavy atom. The van der Waals surface area contributed by atoms with E-state index in [9.17, 15) is 27.2 Å². The molecule has 206 valence electrons. The lowest BCUT2D eigenvalue weighted by molar-refractivity contribution is 0.0137. The maximum absolute atomic E-state index is 14.8. The van der Waals surface area contributed by atoms with Crippen LogP contribution in [0.1, 0.15) is 61.2 Å². The number of benzene rings is 1. The molecule has 1 saturated heterocycles. The van der Waals surface area contributed by atoms with Gasteiger partial charge in [0.1, 0.15) is 24.1 Å². The molecule has 7 nitrogen and oxygen atoms in total. The normalized spacial score (nSPS) is 20.7. The van der Waals surface area contributed by atoms with E-state index in [-0.39, 0.29) is 42.5 Å². The molecule has 1 aliphatic heterocycles. The predicted octanol–water partition coefficient (Wildman–Crippen LogP) is 5.86. The van der Waals surface area contributed by atoms with Crippen LogP contribution in [0.5, 0.6) is 5.88 Å². The summed E-state index contributed by atoms with van der Waals surface area (Å²) >= 11 is 0. The minimum atomic E-state index is -2.96. The fraction of sp³-hybridized carbons (Fsp3) is 0.481. The van der Waals surface area contributed by atoms with Crippen LogP contribution in [0.3, 0.4) is 0 Å². The molecule has 0 bridgehead atoms. The van der Waals surface area contributed by atoms with Gasteiger partial charge in [-0.2, -0.15) is 10.2 Å². The molecule has 1 aromatic carbocycles. The van der Waals surface area contributed by atoms with Crippen LogP contribution in [0.4, 0.5) is 27.8 Å². The van der Waals surface area contributed by atoms with E-state index in [0.29, 0.717) is 29.6 Å². The monoisotopic (exact) mass is 546 g/mol. The number of rotatable bonds is 8. The number of likely N-dealkylation sites (tertiary alicyclic amines) is 1. The van der Waals surface area contributed by atoms with Gasteiger partial charge < -0.3 is 10.1 Å². The number of nitrogens with one attached hydrogen (secondary N) is 1. The third-order valence-electron chi connectivity index (χ3n) is 7.41. The molecule has 12 heteroatoms. The first-order chi connectivity index (χ1) is 18.4. The zero-order chi connectivity index (χ0) is 28.1. The Morgan fingerprint density at radius 1 is 1.21 bits per heavy atom. The number of fused-ring (bicyclic) bond motifs is 1. The second-order valence-electron chi connectivity index (χ2n) is 10.4. The van der Waals surface area contributed by atoms with Gasteiger partial charge in [-0.1, -0.05) is 18.2 Å². The smallest absolute Gasteiger partial charge is 0.266 e. The number of aromatic nitrogens is 3. The van der Waals surface area contributed by atoms with E-state index in [1.807, 2.05) is 0 Å². The second-order valence-corrected chi connectivity index (χ2v) is 10.4. The summed E-state index contributed by atoms with van der Waals surface area (Å²) in [5, 5.41) is 13.4. The highest BCUT2D eigenvalue weighted by Gasteiger charge is 2.48. The highest BCUT2D eigenvalue weighted by Crippen LogP contribution is 2.51. The van der Waals surface area contributed by atoms with Gasteiger partial charge in [0.15, 0.2) is 5.65 Å². The van der Waals surface area contributed by atoms with Gasteiger partial charge >= 0.3 is 0 Å². The molecule has 3 aromatic rings. The van der Waals surface area contributed by atoms with E-state index in [1.165, 1.54) is 17.0 Å². The maximum atomic E-state index is 14.8. The Bertz CT molecular complexity index is 1450. The fourth-order valence-corrected chi connectivity index (χ4v) is 5.05. The summed E-state index contributed by atoms with van der Waals surface area (Å²) in [5.41, 5.74) is -0.756. The average molecular weight is 547 g/mol. The van der Waals surface area contributed by atoms with E-state index in [2.05, 4.69) is 26.3 Å². The van der Waals surface area contributed by atoms with Crippen molar-refractivity contribution in [1.82, 2.24) is 19.9 Å². The molecule has 0 amide bonds. The topological polar surface area (TPSA) is 87.0 Å². The molecule has 1 N–H and O–H groups in total. The lowest BCUT2D eigenvalue weighted by Gasteiger charge is -2.22. The van der Waals surface area contributed by atoms with Crippen molar-refractivity contribution in [1.29, 1.82) is 5.26 Å². The van der Waals surface area contributed by atoms with Crippen LogP contribution in [-0.2, 0) is 5.41 Å². The van der Waals surface area contributed by atoms with Crippen molar-refractivity contribution in [2.24, 2.45) is 0 Å². The Hall–Kier alpha value is -3.59. The largest absolute Gasteiger partial charge is 0.476 e. The van der Waals surface area contributed by atoms with Crippen LogP contribution in [-0.4, -0.2) is 52.0 Å². The van der Waals surface area contributed by atoms with Crippen LogP contribution in [0.25, 0.3) is 11.0 Å². The van der Waals surface area contributed by atoms with Gasteiger partial charge in [0.05, 0.1) is 35.0 Å². The lowest BCUT2D eigenvalue weighted by Crippen LogP contribution is -2.31. The molecular formula is C27H27F5N6O. The Balaban J connectivity index is 1.51. The zero-order valence-corrected chi connectivity index (χ0v) is 21.6. The van der Waals surface area contributed by atoms with Crippen molar-refractivity contribution in [3.05, 3.63) is 52.6 Å². The van der Waals surface area contributed by atoms with Crippen LogP contribution < -0.4 is 10.1 Å². The SMILES string of the molecule is Cc1nc(N[C@H](C)c2cccc(C(F)F)c2F)c2cc(C3(C#N)CC3)c(OC[C@@H]3CC(F)(F)CN3C)nc2n1. The molecule has 2 atom stereocenters. The summed E-state index contributed by atoms with van der Waals surface area (Å²) in [6, 6.07) is 6.57. The van der Waals surface area contributed by atoms with Crippen molar-refractivity contribution in [2.45, 2.75) is 63.0 Å².